The van der Waals surface area contributed by atoms with Crippen molar-refractivity contribution in [2.45, 2.75) is 57.5 Å². The fourth-order valence-corrected chi connectivity index (χ4v) is 3.90. The highest BCUT2D eigenvalue weighted by molar-refractivity contribution is 5.74. The average Bonchev–Trinajstić information content (AvgIpc) is 3.33. The number of hydrogen-bond acceptors (Lipinski definition) is 3. The van der Waals surface area contributed by atoms with Crippen LogP contribution >= 0.6 is 0 Å². The van der Waals surface area contributed by atoms with Gasteiger partial charge in [-0.25, -0.2) is 4.79 Å². The van der Waals surface area contributed by atoms with Crippen LogP contribution in [-0.4, -0.2) is 67.2 Å². The third kappa shape index (κ3) is 4.85. The number of carbonyl (C=O) groups is 1. The lowest BCUT2D eigenvalue weighted by atomic mass is 10.0. The molecule has 0 aromatic heterocycles. The summed E-state index contributed by atoms with van der Waals surface area (Å²) in [6.07, 6.45) is 7.62. The maximum absolute atomic E-state index is 12.0. The van der Waals surface area contributed by atoms with Gasteiger partial charge in [-0.2, -0.15) is 0 Å². The number of urea groups is 1. The lowest BCUT2D eigenvalue weighted by Gasteiger charge is -2.32. The number of likely N-dealkylation sites (tertiary alicyclic amines) is 2. The van der Waals surface area contributed by atoms with E-state index in [0.717, 1.165) is 51.0 Å². The molecular weight excluding hydrogens is 276 g/mol. The Bertz CT molecular complexity index is 364. The smallest absolute Gasteiger partial charge is 0.315 e. The highest BCUT2D eigenvalue weighted by Gasteiger charge is 2.32. The molecule has 5 nitrogen and oxygen atoms in total. The Kier molecular flexibility index (Phi) is 5.58. The number of rotatable bonds is 5. The summed E-state index contributed by atoms with van der Waals surface area (Å²) in [6, 6.07) is 1.25. The molecule has 3 rings (SSSR count). The van der Waals surface area contributed by atoms with E-state index in [-0.39, 0.29) is 6.03 Å². The second-order valence-electron chi connectivity index (χ2n) is 7.49. The van der Waals surface area contributed by atoms with E-state index in [0.29, 0.717) is 6.04 Å². The Morgan fingerprint density at radius 2 is 1.86 bits per heavy atom. The molecule has 0 aromatic rings. The van der Waals surface area contributed by atoms with Crippen molar-refractivity contribution in [1.29, 1.82) is 0 Å². The quantitative estimate of drug-likeness (QED) is 0.812. The monoisotopic (exact) mass is 308 g/mol. The average molecular weight is 308 g/mol. The fraction of sp³-hybridized carbons (Fsp3) is 0.941. The third-order valence-corrected chi connectivity index (χ3v) is 5.38. The zero-order chi connectivity index (χ0) is 15.4. The molecule has 1 unspecified atom stereocenters. The Morgan fingerprint density at radius 1 is 1.09 bits per heavy atom. The third-order valence-electron chi connectivity index (χ3n) is 5.38. The van der Waals surface area contributed by atoms with Gasteiger partial charge in [0, 0.05) is 44.8 Å². The molecule has 2 N–H and O–H groups in total. The Morgan fingerprint density at radius 3 is 2.55 bits per heavy atom. The van der Waals surface area contributed by atoms with Crippen molar-refractivity contribution in [1.82, 2.24) is 20.4 Å². The molecule has 1 saturated carbocycles. The van der Waals surface area contributed by atoms with Crippen LogP contribution < -0.4 is 10.6 Å². The van der Waals surface area contributed by atoms with Gasteiger partial charge in [0.25, 0.3) is 0 Å². The van der Waals surface area contributed by atoms with E-state index in [2.05, 4.69) is 27.4 Å². The minimum absolute atomic E-state index is 0.0231. The molecular formula is C17H32N4O. The molecule has 2 aliphatic heterocycles. The number of piperidine rings is 2. The zero-order valence-electron chi connectivity index (χ0n) is 14.0. The predicted octanol–water partition coefficient (Wildman–Crippen LogP) is 1.64. The first-order chi connectivity index (χ1) is 10.7. The lowest BCUT2D eigenvalue weighted by Crippen LogP contribution is -2.49. The van der Waals surface area contributed by atoms with Crippen molar-refractivity contribution in [3.05, 3.63) is 0 Å². The van der Waals surface area contributed by atoms with Crippen molar-refractivity contribution < 1.29 is 4.79 Å². The maximum Gasteiger partial charge on any atom is 0.315 e. The van der Waals surface area contributed by atoms with E-state index >= 15 is 0 Å². The molecule has 2 heterocycles. The van der Waals surface area contributed by atoms with Crippen LogP contribution in [0.2, 0.25) is 0 Å². The minimum atomic E-state index is 0.0231. The van der Waals surface area contributed by atoms with Crippen LogP contribution in [0.5, 0.6) is 0 Å². The molecule has 2 saturated heterocycles. The summed E-state index contributed by atoms with van der Waals surface area (Å²) in [4.78, 5) is 17.1. The van der Waals surface area contributed by atoms with Crippen LogP contribution in [0.4, 0.5) is 4.79 Å². The zero-order valence-corrected chi connectivity index (χ0v) is 14.0. The van der Waals surface area contributed by atoms with Crippen molar-refractivity contribution >= 4 is 6.03 Å². The molecule has 5 heteroatoms. The van der Waals surface area contributed by atoms with Gasteiger partial charge in [-0.3, -0.25) is 0 Å². The summed E-state index contributed by atoms with van der Waals surface area (Å²) >= 11 is 0. The van der Waals surface area contributed by atoms with Gasteiger partial charge < -0.3 is 20.4 Å². The highest BCUT2D eigenvalue weighted by Crippen LogP contribution is 2.29. The van der Waals surface area contributed by atoms with E-state index in [4.69, 9.17) is 0 Å². The van der Waals surface area contributed by atoms with Crippen molar-refractivity contribution in [2.24, 2.45) is 5.92 Å². The van der Waals surface area contributed by atoms with E-state index in [1.54, 1.807) is 0 Å². The summed E-state index contributed by atoms with van der Waals surface area (Å²) in [7, 11) is 0. The molecule has 2 amide bonds. The Labute approximate surface area is 134 Å². The van der Waals surface area contributed by atoms with Gasteiger partial charge in [0.2, 0.25) is 0 Å². The maximum atomic E-state index is 12.0. The van der Waals surface area contributed by atoms with Gasteiger partial charge in [-0.05, 0) is 51.0 Å². The van der Waals surface area contributed by atoms with Crippen LogP contribution in [0.1, 0.15) is 45.4 Å². The van der Waals surface area contributed by atoms with Gasteiger partial charge in [0.05, 0.1) is 0 Å². The minimum Gasteiger partial charge on any atom is -0.337 e. The van der Waals surface area contributed by atoms with Gasteiger partial charge >= 0.3 is 6.03 Å². The van der Waals surface area contributed by atoms with Crippen LogP contribution in [0.3, 0.4) is 0 Å². The Hall–Kier alpha value is -0.810. The van der Waals surface area contributed by atoms with Gasteiger partial charge in [-0.15, -0.1) is 0 Å². The SMILES string of the molecule is CC1CCCN(CCNC(=O)NC2CCN(C3CC3)CC2)C1. The van der Waals surface area contributed by atoms with Crippen molar-refractivity contribution in [3.8, 4) is 0 Å². The molecule has 1 aliphatic carbocycles. The molecule has 0 bridgehead atoms. The van der Waals surface area contributed by atoms with Crippen molar-refractivity contribution in [3.63, 3.8) is 0 Å². The normalized spacial score (nSPS) is 28.5. The summed E-state index contributed by atoms with van der Waals surface area (Å²) in [6.45, 7) is 8.75. The van der Waals surface area contributed by atoms with Gasteiger partial charge in [0.15, 0.2) is 0 Å². The summed E-state index contributed by atoms with van der Waals surface area (Å²) in [5.41, 5.74) is 0. The number of nitrogens with zero attached hydrogens (tertiary/aromatic N) is 2. The largest absolute Gasteiger partial charge is 0.337 e. The van der Waals surface area contributed by atoms with Crippen LogP contribution in [0.15, 0.2) is 0 Å². The van der Waals surface area contributed by atoms with Crippen LogP contribution in [-0.2, 0) is 0 Å². The Balaban J connectivity index is 1.26. The number of hydrogen-bond donors (Lipinski definition) is 2. The second kappa shape index (κ2) is 7.64. The molecule has 0 radical (unpaired) electrons. The topological polar surface area (TPSA) is 47.6 Å². The standard InChI is InChI=1S/C17H32N4O/c1-14-3-2-9-20(13-14)12-8-18-17(22)19-15-6-10-21(11-7-15)16-4-5-16/h14-16H,2-13H2,1H3,(H2,18,19,22). The van der Waals surface area contributed by atoms with Gasteiger partial charge in [-0.1, -0.05) is 6.92 Å². The number of nitrogens with one attached hydrogen (secondary N) is 2. The van der Waals surface area contributed by atoms with Crippen LogP contribution in [0.25, 0.3) is 0 Å². The number of carbonyl (C=O) groups excluding carboxylic acids is 1. The van der Waals surface area contributed by atoms with E-state index in [9.17, 15) is 4.79 Å². The molecule has 126 valence electrons. The molecule has 1 atom stereocenters. The highest BCUT2D eigenvalue weighted by atomic mass is 16.2. The first kappa shape index (κ1) is 16.1. The molecule has 3 fully saturated rings. The molecule has 3 aliphatic rings. The summed E-state index contributed by atoms with van der Waals surface area (Å²) < 4.78 is 0. The summed E-state index contributed by atoms with van der Waals surface area (Å²) in [5, 5.41) is 6.18. The molecule has 0 spiro atoms. The second-order valence-corrected chi connectivity index (χ2v) is 7.49. The lowest BCUT2D eigenvalue weighted by molar-refractivity contribution is 0.178. The van der Waals surface area contributed by atoms with E-state index < -0.39 is 0 Å². The van der Waals surface area contributed by atoms with Crippen molar-refractivity contribution in [2.75, 3.05) is 39.3 Å². The van der Waals surface area contributed by atoms with E-state index in [1.165, 1.54) is 38.8 Å². The molecule has 0 aromatic carbocycles. The predicted molar refractivity (Wildman–Crippen MR) is 89.0 cm³/mol. The van der Waals surface area contributed by atoms with Crippen LogP contribution in [0, 0.1) is 5.92 Å². The van der Waals surface area contributed by atoms with Gasteiger partial charge in [0.1, 0.15) is 0 Å². The number of amides is 2. The molecule has 22 heavy (non-hydrogen) atoms. The summed E-state index contributed by atoms with van der Waals surface area (Å²) in [5.74, 6) is 0.805. The fourth-order valence-electron chi connectivity index (χ4n) is 3.90. The van der Waals surface area contributed by atoms with E-state index in [1.807, 2.05) is 0 Å². The first-order valence-corrected chi connectivity index (χ1v) is 9.21. The first-order valence-electron chi connectivity index (χ1n) is 9.21.